The predicted octanol–water partition coefficient (Wildman–Crippen LogP) is 3.60. The van der Waals surface area contributed by atoms with Gasteiger partial charge in [0, 0.05) is 12.6 Å². The monoisotopic (exact) mass is 261 g/mol. The molecule has 0 saturated heterocycles. The molecule has 1 N–H and O–H groups in total. The van der Waals surface area contributed by atoms with Gasteiger partial charge in [0.2, 0.25) is 0 Å². The van der Waals surface area contributed by atoms with Crippen LogP contribution in [0.15, 0.2) is 18.2 Å². The quantitative estimate of drug-likeness (QED) is 0.875. The zero-order chi connectivity index (χ0) is 13.8. The van der Waals surface area contributed by atoms with Gasteiger partial charge in [-0.2, -0.15) is 0 Å². The van der Waals surface area contributed by atoms with Crippen LogP contribution in [0.1, 0.15) is 55.4 Å². The Morgan fingerprint density at radius 1 is 1.16 bits per heavy atom. The van der Waals surface area contributed by atoms with E-state index in [1.54, 1.807) is 0 Å². The number of nitrogens with zero attached hydrogens (tertiary/aromatic N) is 1. The normalized spacial score (nSPS) is 18.2. The van der Waals surface area contributed by atoms with Crippen molar-refractivity contribution in [3.8, 4) is 0 Å². The lowest BCUT2D eigenvalue weighted by molar-refractivity contribution is 0.0913. The van der Waals surface area contributed by atoms with Crippen molar-refractivity contribution in [2.75, 3.05) is 13.1 Å². The van der Waals surface area contributed by atoms with E-state index in [1.807, 2.05) is 0 Å². The van der Waals surface area contributed by atoms with E-state index in [1.165, 1.54) is 36.8 Å². The van der Waals surface area contributed by atoms with Gasteiger partial charge >= 0.3 is 0 Å². The minimum Gasteiger partial charge on any atom is -0.387 e. The van der Waals surface area contributed by atoms with Crippen LogP contribution in [0.2, 0.25) is 0 Å². The molecule has 0 aliphatic heterocycles. The molecule has 2 nitrogen and oxygen atoms in total. The van der Waals surface area contributed by atoms with Crippen molar-refractivity contribution in [3.63, 3.8) is 0 Å². The lowest BCUT2D eigenvalue weighted by Crippen LogP contribution is -2.36. The van der Waals surface area contributed by atoms with Crippen molar-refractivity contribution in [1.29, 1.82) is 0 Å². The molecule has 0 spiro atoms. The molecule has 0 amide bonds. The van der Waals surface area contributed by atoms with Gasteiger partial charge in [-0.25, -0.2) is 0 Å². The zero-order valence-electron chi connectivity index (χ0n) is 12.5. The molecule has 1 aromatic carbocycles. The van der Waals surface area contributed by atoms with Gasteiger partial charge in [-0.15, -0.1) is 0 Å². The summed E-state index contributed by atoms with van der Waals surface area (Å²) in [4.78, 5) is 2.45. The van der Waals surface area contributed by atoms with Gasteiger partial charge in [0.25, 0.3) is 0 Å². The Labute approximate surface area is 117 Å². The van der Waals surface area contributed by atoms with Crippen molar-refractivity contribution < 1.29 is 5.11 Å². The summed E-state index contributed by atoms with van der Waals surface area (Å²) in [6.45, 7) is 8.19. The molecule has 1 atom stereocenters. The molecule has 106 valence electrons. The van der Waals surface area contributed by atoms with Crippen molar-refractivity contribution in [2.45, 2.75) is 58.6 Å². The van der Waals surface area contributed by atoms with E-state index in [0.29, 0.717) is 6.04 Å². The standard InChI is InChI=1S/C17H27NO/c1-4-18(16-7-5-6-8-16)12-17(19)15-10-13(2)9-14(3)11-15/h9-11,16-17,19H,4-8,12H2,1-3H3. The molecular formula is C17H27NO. The van der Waals surface area contributed by atoms with E-state index in [4.69, 9.17) is 0 Å². The molecule has 1 unspecified atom stereocenters. The molecule has 1 aromatic rings. The summed E-state index contributed by atoms with van der Waals surface area (Å²) < 4.78 is 0. The fourth-order valence-corrected chi connectivity index (χ4v) is 3.34. The largest absolute Gasteiger partial charge is 0.387 e. The average molecular weight is 261 g/mol. The Bertz CT molecular complexity index is 389. The van der Waals surface area contributed by atoms with Gasteiger partial charge in [0.15, 0.2) is 0 Å². The van der Waals surface area contributed by atoms with Crippen LogP contribution in [-0.4, -0.2) is 29.1 Å². The van der Waals surface area contributed by atoms with Gasteiger partial charge in [0.05, 0.1) is 6.10 Å². The first-order valence-electron chi connectivity index (χ1n) is 7.60. The Kier molecular flexibility index (Phi) is 5.00. The number of rotatable bonds is 5. The molecule has 0 radical (unpaired) electrons. The predicted molar refractivity (Wildman–Crippen MR) is 80.4 cm³/mol. The van der Waals surface area contributed by atoms with Crippen LogP contribution in [0.3, 0.4) is 0 Å². The van der Waals surface area contributed by atoms with Crippen molar-refractivity contribution in [3.05, 3.63) is 34.9 Å². The van der Waals surface area contributed by atoms with Gasteiger partial charge in [-0.1, -0.05) is 49.1 Å². The SMILES string of the molecule is CCN(CC(O)c1cc(C)cc(C)c1)C1CCCC1. The smallest absolute Gasteiger partial charge is 0.0917 e. The van der Waals surface area contributed by atoms with E-state index in [-0.39, 0.29) is 6.10 Å². The molecule has 1 fully saturated rings. The lowest BCUT2D eigenvalue weighted by Gasteiger charge is -2.29. The molecule has 19 heavy (non-hydrogen) atoms. The van der Waals surface area contributed by atoms with Crippen LogP contribution >= 0.6 is 0 Å². The summed E-state index contributed by atoms with van der Waals surface area (Å²) in [5.74, 6) is 0. The third kappa shape index (κ3) is 3.80. The molecule has 2 rings (SSSR count). The highest BCUT2D eigenvalue weighted by molar-refractivity contribution is 5.30. The van der Waals surface area contributed by atoms with Crippen LogP contribution in [0, 0.1) is 13.8 Å². The maximum absolute atomic E-state index is 10.5. The molecule has 2 heteroatoms. The topological polar surface area (TPSA) is 23.5 Å². The summed E-state index contributed by atoms with van der Waals surface area (Å²) in [6, 6.07) is 7.07. The van der Waals surface area contributed by atoms with Gasteiger partial charge < -0.3 is 5.11 Å². The number of benzene rings is 1. The molecule has 0 aromatic heterocycles. The first-order chi connectivity index (χ1) is 9.10. The number of hydrogen-bond acceptors (Lipinski definition) is 2. The maximum Gasteiger partial charge on any atom is 0.0917 e. The minimum atomic E-state index is -0.362. The van der Waals surface area contributed by atoms with Crippen LogP contribution in [0.25, 0.3) is 0 Å². The van der Waals surface area contributed by atoms with Gasteiger partial charge in [-0.05, 0) is 38.8 Å². The number of likely N-dealkylation sites (N-methyl/N-ethyl adjacent to an activating group) is 1. The zero-order valence-corrected chi connectivity index (χ0v) is 12.5. The highest BCUT2D eigenvalue weighted by Gasteiger charge is 2.23. The molecule has 1 saturated carbocycles. The number of aryl methyl sites for hydroxylation is 2. The fraction of sp³-hybridized carbons (Fsp3) is 0.647. The van der Waals surface area contributed by atoms with Crippen molar-refractivity contribution in [2.24, 2.45) is 0 Å². The Hall–Kier alpha value is -0.860. The number of aliphatic hydroxyl groups is 1. The third-order valence-electron chi connectivity index (χ3n) is 4.28. The molecule has 1 aliphatic carbocycles. The van der Waals surface area contributed by atoms with E-state index in [9.17, 15) is 5.11 Å². The van der Waals surface area contributed by atoms with Gasteiger partial charge in [0.1, 0.15) is 0 Å². The summed E-state index contributed by atoms with van der Waals surface area (Å²) >= 11 is 0. The van der Waals surface area contributed by atoms with Crippen molar-refractivity contribution in [1.82, 2.24) is 4.90 Å². The van der Waals surface area contributed by atoms with E-state index in [2.05, 4.69) is 43.9 Å². The summed E-state index contributed by atoms with van der Waals surface area (Å²) in [6.07, 6.45) is 4.93. The van der Waals surface area contributed by atoms with Crippen LogP contribution in [0.4, 0.5) is 0 Å². The Morgan fingerprint density at radius 3 is 2.26 bits per heavy atom. The number of aliphatic hydroxyl groups excluding tert-OH is 1. The number of hydrogen-bond donors (Lipinski definition) is 1. The second-order valence-corrected chi connectivity index (χ2v) is 5.96. The molecule has 0 bridgehead atoms. The van der Waals surface area contributed by atoms with Crippen LogP contribution in [-0.2, 0) is 0 Å². The molecular weight excluding hydrogens is 234 g/mol. The average Bonchev–Trinajstić information content (AvgIpc) is 2.88. The summed E-state index contributed by atoms with van der Waals surface area (Å²) in [7, 11) is 0. The highest BCUT2D eigenvalue weighted by Crippen LogP contribution is 2.26. The van der Waals surface area contributed by atoms with Crippen molar-refractivity contribution >= 4 is 0 Å². The van der Waals surface area contributed by atoms with E-state index >= 15 is 0 Å². The Morgan fingerprint density at radius 2 is 1.74 bits per heavy atom. The second-order valence-electron chi connectivity index (χ2n) is 5.96. The first-order valence-corrected chi connectivity index (χ1v) is 7.60. The van der Waals surface area contributed by atoms with Crippen LogP contribution in [0.5, 0.6) is 0 Å². The fourth-order valence-electron chi connectivity index (χ4n) is 3.34. The highest BCUT2D eigenvalue weighted by atomic mass is 16.3. The second kappa shape index (κ2) is 6.53. The summed E-state index contributed by atoms with van der Waals surface area (Å²) in [5, 5.41) is 10.5. The Balaban J connectivity index is 2.03. The first kappa shape index (κ1) is 14.5. The lowest BCUT2D eigenvalue weighted by atomic mass is 10.0. The van der Waals surface area contributed by atoms with E-state index < -0.39 is 0 Å². The van der Waals surface area contributed by atoms with E-state index in [0.717, 1.165) is 18.7 Å². The molecule has 1 aliphatic rings. The maximum atomic E-state index is 10.5. The van der Waals surface area contributed by atoms with Crippen LogP contribution < -0.4 is 0 Å². The summed E-state index contributed by atoms with van der Waals surface area (Å²) in [5.41, 5.74) is 3.53. The minimum absolute atomic E-state index is 0.362. The third-order valence-corrected chi connectivity index (χ3v) is 4.28. The molecule has 0 heterocycles. The van der Waals surface area contributed by atoms with Gasteiger partial charge in [-0.3, -0.25) is 4.90 Å².